The number of carbonyl (C=O) groups is 1. The number of benzene rings is 2. The standard InChI is InChI=1S/C22H21NO5S/c1-4-28-22(25)19-20(24)18(12-14-8-6-5-7-9-14)29-21(19)23-16-11-10-15(26-2)13-17(16)27-3/h5-13,24H,4H2,1-3H3. The molecule has 2 aromatic rings. The number of aliphatic hydroxyl groups is 1. The van der Waals surface area contributed by atoms with Crippen LogP contribution in [-0.4, -0.2) is 36.9 Å². The molecule has 0 saturated carbocycles. The summed E-state index contributed by atoms with van der Waals surface area (Å²) in [5, 5.41) is 11.1. The molecule has 0 radical (unpaired) electrons. The first-order chi connectivity index (χ1) is 14.1. The number of carbonyl (C=O) groups excluding carboxylic acids is 1. The maximum atomic E-state index is 12.5. The summed E-state index contributed by atoms with van der Waals surface area (Å²) in [6.07, 6.45) is 1.80. The Bertz CT molecular complexity index is 996. The average molecular weight is 411 g/mol. The minimum absolute atomic E-state index is 0.0388. The van der Waals surface area contributed by atoms with Crippen LogP contribution >= 0.6 is 11.8 Å². The summed E-state index contributed by atoms with van der Waals surface area (Å²) in [6, 6.07) is 14.7. The molecule has 1 N–H and O–H groups in total. The van der Waals surface area contributed by atoms with E-state index in [0.717, 1.165) is 5.56 Å². The summed E-state index contributed by atoms with van der Waals surface area (Å²) >= 11 is 1.20. The van der Waals surface area contributed by atoms with Crippen molar-refractivity contribution < 1.29 is 24.1 Å². The van der Waals surface area contributed by atoms with Crippen LogP contribution in [0.3, 0.4) is 0 Å². The van der Waals surface area contributed by atoms with Gasteiger partial charge in [0, 0.05) is 6.07 Å². The second-order valence-electron chi connectivity index (χ2n) is 5.92. The number of hydrogen-bond acceptors (Lipinski definition) is 7. The molecule has 3 rings (SSSR count). The van der Waals surface area contributed by atoms with Crippen molar-refractivity contribution >= 4 is 34.5 Å². The Morgan fingerprint density at radius 3 is 2.55 bits per heavy atom. The molecule has 6 nitrogen and oxygen atoms in total. The summed E-state index contributed by atoms with van der Waals surface area (Å²) in [6.45, 7) is 1.90. The van der Waals surface area contributed by atoms with E-state index in [1.54, 1.807) is 38.3 Å². The van der Waals surface area contributed by atoms with Gasteiger partial charge >= 0.3 is 5.97 Å². The van der Waals surface area contributed by atoms with Crippen molar-refractivity contribution in [1.82, 2.24) is 0 Å². The third-order valence-corrected chi connectivity index (χ3v) is 5.10. The first-order valence-electron chi connectivity index (χ1n) is 8.93. The number of thioether (sulfide) groups is 1. The molecule has 0 saturated heterocycles. The molecule has 0 amide bonds. The minimum Gasteiger partial charge on any atom is -0.506 e. The van der Waals surface area contributed by atoms with Gasteiger partial charge in [0.15, 0.2) is 0 Å². The number of ether oxygens (including phenoxy) is 3. The van der Waals surface area contributed by atoms with Crippen LogP contribution in [0.15, 0.2) is 69.8 Å². The molecule has 0 unspecified atom stereocenters. The van der Waals surface area contributed by atoms with Crippen molar-refractivity contribution in [3.63, 3.8) is 0 Å². The van der Waals surface area contributed by atoms with Gasteiger partial charge in [-0.3, -0.25) is 0 Å². The number of aliphatic imine (C=N–C) groups is 1. The van der Waals surface area contributed by atoms with Gasteiger partial charge in [0.25, 0.3) is 0 Å². The summed E-state index contributed by atoms with van der Waals surface area (Å²) in [7, 11) is 3.09. The lowest BCUT2D eigenvalue weighted by Crippen LogP contribution is -2.12. The Morgan fingerprint density at radius 2 is 1.90 bits per heavy atom. The predicted octanol–water partition coefficient (Wildman–Crippen LogP) is 4.90. The Morgan fingerprint density at radius 1 is 1.14 bits per heavy atom. The molecule has 150 valence electrons. The molecule has 0 spiro atoms. The zero-order valence-electron chi connectivity index (χ0n) is 16.3. The van der Waals surface area contributed by atoms with E-state index in [2.05, 4.69) is 4.99 Å². The lowest BCUT2D eigenvalue weighted by molar-refractivity contribution is -0.138. The number of nitrogens with zero attached hydrogens (tertiary/aromatic N) is 1. The van der Waals surface area contributed by atoms with Crippen molar-refractivity contribution in [3.8, 4) is 11.5 Å². The zero-order valence-corrected chi connectivity index (χ0v) is 17.2. The molecule has 0 aliphatic carbocycles. The van der Waals surface area contributed by atoms with E-state index >= 15 is 0 Å². The molecular weight excluding hydrogens is 390 g/mol. The molecule has 1 aliphatic rings. The highest BCUT2D eigenvalue weighted by Crippen LogP contribution is 2.42. The second-order valence-corrected chi connectivity index (χ2v) is 6.95. The van der Waals surface area contributed by atoms with Crippen LogP contribution in [0.25, 0.3) is 6.08 Å². The third kappa shape index (κ3) is 4.63. The number of methoxy groups -OCH3 is 2. The van der Waals surface area contributed by atoms with Crippen LogP contribution < -0.4 is 9.47 Å². The normalized spacial score (nSPS) is 16.4. The van der Waals surface area contributed by atoms with E-state index in [9.17, 15) is 9.90 Å². The van der Waals surface area contributed by atoms with Gasteiger partial charge in [0.05, 0.1) is 25.7 Å². The molecule has 0 fully saturated rings. The van der Waals surface area contributed by atoms with Crippen molar-refractivity contribution in [3.05, 3.63) is 70.3 Å². The van der Waals surface area contributed by atoms with Crippen molar-refractivity contribution in [2.24, 2.45) is 4.99 Å². The van der Waals surface area contributed by atoms with E-state index < -0.39 is 5.97 Å². The number of esters is 1. The predicted molar refractivity (Wildman–Crippen MR) is 115 cm³/mol. The highest BCUT2D eigenvalue weighted by molar-refractivity contribution is 8.18. The van der Waals surface area contributed by atoms with E-state index in [-0.39, 0.29) is 17.9 Å². The second kappa shape index (κ2) is 9.34. The Balaban J connectivity index is 2.07. The van der Waals surface area contributed by atoms with E-state index in [0.29, 0.717) is 27.1 Å². The Kier molecular flexibility index (Phi) is 6.61. The highest BCUT2D eigenvalue weighted by Gasteiger charge is 2.33. The fraction of sp³-hybridized carbons (Fsp3) is 0.182. The first-order valence-corrected chi connectivity index (χ1v) is 9.75. The lowest BCUT2D eigenvalue weighted by atomic mass is 10.1. The van der Waals surface area contributed by atoms with Gasteiger partial charge in [0.2, 0.25) is 0 Å². The molecular formula is C22H21NO5S. The van der Waals surface area contributed by atoms with Gasteiger partial charge in [-0.25, -0.2) is 9.79 Å². The molecule has 2 aromatic carbocycles. The summed E-state index contributed by atoms with van der Waals surface area (Å²) in [5.41, 5.74) is 1.44. The van der Waals surface area contributed by atoms with Crippen LogP contribution in [0, 0.1) is 0 Å². The van der Waals surface area contributed by atoms with Crippen LogP contribution in [0.5, 0.6) is 11.5 Å². The van der Waals surface area contributed by atoms with Gasteiger partial charge in [-0.1, -0.05) is 42.1 Å². The van der Waals surface area contributed by atoms with Crippen LogP contribution in [0.1, 0.15) is 12.5 Å². The quantitative estimate of drug-likeness (QED) is 0.682. The van der Waals surface area contributed by atoms with Gasteiger partial charge in [-0.05, 0) is 30.7 Å². The summed E-state index contributed by atoms with van der Waals surface area (Å²) < 4.78 is 15.7. The smallest absolute Gasteiger partial charge is 0.344 e. The van der Waals surface area contributed by atoms with Gasteiger partial charge in [-0.15, -0.1) is 0 Å². The molecule has 1 aliphatic heterocycles. The molecule has 7 heteroatoms. The lowest BCUT2D eigenvalue weighted by Gasteiger charge is -2.08. The number of rotatable bonds is 6. The minimum atomic E-state index is -0.625. The molecule has 1 heterocycles. The topological polar surface area (TPSA) is 77.4 Å². The molecule has 29 heavy (non-hydrogen) atoms. The first kappa shape index (κ1) is 20.5. The fourth-order valence-electron chi connectivity index (χ4n) is 2.68. The van der Waals surface area contributed by atoms with Crippen molar-refractivity contribution in [1.29, 1.82) is 0 Å². The van der Waals surface area contributed by atoms with E-state index in [4.69, 9.17) is 14.2 Å². The number of aliphatic hydroxyl groups excluding tert-OH is 1. The largest absolute Gasteiger partial charge is 0.506 e. The van der Waals surface area contributed by atoms with E-state index in [1.807, 2.05) is 30.3 Å². The van der Waals surface area contributed by atoms with Gasteiger partial charge in [0.1, 0.15) is 33.6 Å². The Labute approximate surface area is 173 Å². The Hall–Kier alpha value is -3.19. The molecule has 0 bridgehead atoms. The average Bonchev–Trinajstić information content (AvgIpc) is 3.04. The fourth-order valence-corrected chi connectivity index (χ4v) is 3.71. The van der Waals surface area contributed by atoms with Crippen LogP contribution in [-0.2, 0) is 9.53 Å². The maximum Gasteiger partial charge on any atom is 0.344 e. The monoisotopic (exact) mass is 411 g/mol. The van der Waals surface area contributed by atoms with E-state index in [1.165, 1.54) is 18.9 Å². The van der Waals surface area contributed by atoms with Crippen molar-refractivity contribution in [2.45, 2.75) is 6.92 Å². The summed E-state index contributed by atoms with van der Waals surface area (Å²) in [4.78, 5) is 17.6. The SMILES string of the molecule is CCOC(=O)C1=C(O)C(=Cc2ccccc2)SC1=Nc1ccc(OC)cc1OC. The molecule has 0 aromatic heterocycles. The van der Waals surface area contributed by atoms with Crippen molar-refractivity contribution in [2.75, 3.05) is 20.8 Å². The summed E-state index contributed by atoms with van der Waals surface area (Å²) in [5.74, 6) is 0.336. The van der Waals surface area contributed by atoms with Gasteiger partial charge < -0.3 is 19.3 Å². The highest BCUT2D eigenvalue weighted by atomic mass is 32.2. The number of hydrogen-bond donors (Lipinski definition) is 1. The van der Waals surface area contributed by atoms with Crippen LogP contribution in [0.2, 0.25) is 0 Å². The van der Waals surface area contributed by atoms with Gasteiger partial charge in [-0.2, -0.15) is 0 Å². The van der Waals surface area contributed by atoms with Crippen LogP contribution in [0.4, 0.5) is 5.69 Å². The maximum absolute atomic E-state index is 12.5. The zero-order chi connectivity index (χ0) is 20.8. The molecule has 0 atom stereocenters. The third-order valence-electron chi connectivity index (χ3n) is 4.08.